The number of carbonyl (C=O) groups is 1. The molecule has 1 amide bonds. The van der Waals surface area contributed by atoms with Crippen molar-refractivity contribution in [1.29, 1.82) is 0 Å². The standard InChI is InChI=1S/C14H16BrFN2OS/c1-14(13(17)20)5-7-18(8-6-14)12(19)11-9(15)3-2-4-10(11)16/h2-4H,5-8H2,1H3,(H2,17,20). The average molecular weight is 359 g/mol. The summed E-state index contributed by atoms with van der Waals surface area (Å²) in [6.45, 7) is 3.08. The molecule has 0 aliphatic carbocycles. The SMILES string of the molecule is CC1(C(N)=S)CCN(C(=O)c2c(F)cccc2Br)CC1. The molecule has 1 heterocycles. The molecule has 20 heavy (non-hydrogen) atoms. The number of benzene rings is 1. The molecule has 0 unspecified atom stereocenters. The quantitative estimate of drug-likeness (QED) is 0.826. The first kappa shape index (κ1) is 15.4. The lowest BCUT2D eigenvalue weighted by molar-refractivity contribution is 0.0664. The summed E-state index contributed by atoms with van der Waals surface area (Å²) in [6.07, 6.45) is 1.42. The zero-order valence-corrected chi connectivity index (χ0v) is 13.6. The molecule has 1 aromatic rings. The van der Waals surface area contributed by atoms with E-state index in [2.05, 4.69) is 15.9 Å². The van der Waals surface area contributed by atoms with E-state index in [-0.39, 0.29) is 16.9 Å². The van der Waals surface area contributed by atoms with Crippen LogP contribution in [0.4, 0.5) is 4.39 Å². The lowest BCUT2D eigenvalue weighted by atomic mass is 9.80. The largest absolute Gasteiger partial charge is 0.393 e. The fourth-order valence-corrected chi connectivity index (χ4v) is 3.03. The van der Waals surface area contributed by atoms with Crippen LogP contribution in [-0.4, -0.2) is 28.9 Å². The minimum atomic E-state index is -0.507. The maximum Gasteiger partial charge on any atom is 0.257 e. The van der Waals surface area contributed by atoms with E-state index in [4.69, 9.17) is 18.0 Å². The maximum absolute atomic E-state index is 13.8. The smallest absolute Gasteiger partial charge is 0.257 e. The van der Waals surface area contributed by atoms with Crippen molar-refractivity contribution in [2.24, 2.45) is 11.1 Å². The Kier molecular flexibility index (Phi) is 4.44. The first-order valence-electron chi connectivity index (χ1n) is 6.38. The van der Waals surface area contributed by atoms with Crippen molar-refractivity contribution in [3.8, 4) is 0 Å². The van der Waals surface area contributed by atoms with Crippen LogP contribution in [0.15, 0.2) is 22.7 Å². The van der Waals surface area contributed by atoms with Gasteiger partial charge in [0.15, 0.2) is 0 Å². The second-order valence-electron chi connectivity index (χ2n) is 5.31. The number of piperidine rings is 1. The zero-order chi connectivity index (χ0) is 14.9. The van der Waals surface area contributed by atoms with Gasteiger partial charge in [-0.15, -0.1) is 0 Å². The van der Waals surface area contributed by atoms with Crippen molar-refractivity contribution < 1.29 is 9.18 Å². The van der Waals surface area contributed by atoms with Gasteiger partial charge in [0.25, 0.3) is 5.91 Å². The highest BCUT2D eigenvalue weighted by molar-refractivity contribution is 9.10. The minimum Gasteiger partial charge on any atom is -0.393 e. The van der Waals surface area contributed by atoms with E-state index >= 15 is 0 Å². The monoisotopic (exact) mass is 358 g/mol. The Labute approximate surface area is 131 Å². The number of hydrogen-bond donors (Lipinski definition) is 1. The van der Waals surface area contributed by atoms with Gasteiger partial charge in [-0.05, 0) is 40.9 Å². The molecule has 108 valence electrons. The lowest BCUT2D eigenvalue weighted by Crippen LogP contribution is -2.46. The van der Waals surface area contributed by atoms with E-state index in [9.17, 15) is 9.18 Å². The van der Waals surface area contributed by atoms with Crippen LogP contribution in [0.2, 0.25) is 0 Å². The summed E-state index contributed by atoms with van der Waals surface area (Å²) in [5.41, 5.74) is 5.62. The Balaban J connectivity index is 2.15. The molecule has 1 aromatic carbocycles. The van der Waals surface area contributed by atoms with Crippen LogP contribution < -0.4 is 5.73 Å². The molecular formula is C14H16BrFN2OS. The summed E-state index contributed by atoms with van der Waals surface area (Å²) >= 11 is 8.31. The molecule has 0 aromatic heterocycles. The van der Waals surface area contributed by atoms with Crippen molar-refractivity contribution in [3.63, 3.8) is 0 Å². The Morgan fingerprint density at radius 2 is 2.05 bits per heavy atom. The van der Waals surface area contributed by atoms with Gasteiger partial charge >= 0.3 is 0 Å². The number of hydrogen-bond acceptors (Lipinski definition) is 2. The van der Waals surface area contributed by atoms with Gasteiger partial charge < -0.3 is 10.6 Å². The van der Waals surface area contributed by atoms with Crippen molar-refractivity contribution >= 4 is 39.0 Å². The first-order valence-corrected chi connectivity index (χ1v) is 7.58. The van der Waals surface area contributed by atoms with E-state index in [1.807, 2.05) is 6.92 Å². The van der Waals surface area contributed by atoms with Crippen LogP contribution in [0.5, 0.6) is 0 Å². The number of halogens is 2. The Hall–Kier alpha value is -1.01. The Morgan fingerprint density at radius 3 is 2.55 bits per heavy atom. The third-order valence-electron chi connectivity index (χ3n) is 3.93. The molecule has 1 aliphatic rings. The van der Waals surface area contributed by atoms with Gasteiger partial charge in [0.05, 0.1) is 10.6 Å². The summed E-state index contributed by atoms with van der Waals surface area (Å²) in [7, 11) is 0. The molecule has 1 fully saturated rings. The van der Waals surface area contributed by atoms with Crippen molar-refractivity contribution in [2.75, 3.05) is 13.1 Å². The van der Waals surface area contributed by atoms with Gasteiger partial charge in [-0.3, -0.25) is 4.79 Å². The molecule has 0 saturated carbocycles. The first-order chi connectivity index (χ1) is 9.35. The highest BCUT2D eigenvalue weighted by atomic mass is 79.9. The van der Waals surface area contributed by atoms with Gasteiger partial charge in [0.2, 0.25) is 0 Å². The summed E-state index contributed by atoms with van der Waals surface area (Å²) < 4.78 is 14.3. The average Bonchev–Trinajstić information content (AvgIpc) is 2.39. The van der Waals surface area contributed by atoms with Crippen LogP contribution >= 0.6 is 28.1 Å². The predicted molar refractivity (Wildman–Crippen MR) is 84.1 cm³/mol. The van der Waals surface area contributed by atoms with E-state index in [0.29, 0.717) is 35.4 Å². The number of thiocarbonyl (C=S) groups is 1. The summed E-state index contributed by atoms with van der Waals surface area (Å²) in [5, 5.41) is 0. The third-order valence-corrected chi connectivity index (χ3v) is 5.08. The molecule has 0 radical (unpaired) electrons. The second kappa shape index (κ2) is 5.77. The van der Waals surface area contributed by atoms with Gasteiger partial charge in [0.1, 0.15) is 5.82 Å². The van der Waals surface area contributed by atoms with Crippen LogP contribution in [0, 0.1) is 11.2 Å². The van der Waals surface area contributed by atoms with Gasteiger partial charge in [0, 0.05) is 23.0 Å². The highest BCUT2D eigenvalue weighted by Gasteiger charge is 2.35. The highest BCUT2D eigenvalue weighted by Crippen LogP contribution is 2.32. The Morgan fingerprint density at radius 1 is 1.45 bits per heavy atom. The van der Waals surface area contributed by atoms with Crippen LogP contribution in [0.1, 0.15) is 30.1 Å². The zero-order valence-electron chi connectivity index (χ0n) is 11.2. The van der Waals surface area contributed by atoms with E-state index in [0.717, 1.165) is 0 Å². The van der Waals surface area contributed by atoms with Crippen LogP contribution in [-0.2, 0) is 0 Å². The number of rotatable bonds is 2. The number of amides is 1. The molecule has 1 saturated heterocycles. The molecule has 1 aliphatic heterocycles. The second-order valence-corrected chi connectivity index (χ2v) is 6.61. The molecule has 6 heteroatoms. The van der Waals surface area contributed by atoms with Gasteiger partial charge in [-0.1, -0.05) is 25.2 Å². The van der Waals surface area contributed by atoms with Gasteiger partial charge in [-0.25, -0.2) is 4.39 Å². The van der Waals surface area contributed by atoms with Crippen LogP contribution in [0.3, 0.4) is 0 Å². The van der Waals surface area contributed by atoms with Gasteiger partial charge in [-0.2, -0.15) is 0 Å². The molecule has 2 N–H and O–H groups in total. The topological polar surface area (TPSA) is 46.3 Å². The molecule has 2 rings (SSSR count). The Bertz CT molecular complexity index is 536. The number of nitrogens with zero attached hydrogens (tertiary/aromatic N) is 1. The molecule has 3 nitrogen and oxygen atoms in total. The van der Waals surface area contributed by atoms with Crippen molar-refractivity contribution in [2.45, 2.75) is 19.8 Å². The maximum atomic E-state index is 13.8. The number of likely N-dealkylation sites (tertiary alicyclic amines) is 1. The number of carbonyl (C=O) groups excluding carboxylic acids is 1. The lowest BCUT2D eigenvalue weighted by Gasteiger charge is -2.38. The molecule has 0 bridgehead atoms. The molecule has 0 atom stereocenters. The van der Waals surface area contributed by atoms with E-state index in [1.54, 1.807) is 17.0 Å². The van der Waals surface area contributed by atoms with Crippen molar-refractivity contribution in [3.05, 3.63) is 34.1 Å². The third kappa shape index (κ3) is 2.86. The molecule has 0 spiro atoms. The van der Waals surface area contributed by atoms with Crippen LogP contribution in [0.25, 0.3) is 0 Å². The number of nitrogens with two attached hydrogens (primary N) is 1. The fourth-order valence-electron chi connectivity index (χ4n) is 2.31. The minimum absolute atomic E-state index is 0.0893. The predicted octanol–water partition coefficient (Wildman–Crippen LogP) is 3.12. The summed E-state index contributed by atoms with van der Waals surface area (Å²) in [6, 6.07) is 4.52. The van der Waals surface area contributed by atoms with E-state index < -0.39 is 5.82 Å². The molecular weight excluding hydrogens is 343 g/mol. The van der Waals surface area contributed by atoms with E-state index in [1.165, 1.54) is 6.07 Å². The normalized spacial score (nSPS) is 17.9. The fraction of sp³-hybridized carbons (Fsp3) is 0.429. The summed E-state index contributed by atoms with van der Waals surface area (Å²) in [4.78, 5) is 14.6. The summed E-state index contributed by atoms with van der Waals surface area (Å²) in [5.74, 6) is -0.799. The van der Waals surface area contributed by atoms with Crippen molar-refractivity contribution in [1.82, 2.24) is 4.90 Å².